The smallest absolute Gasteiger partial charge is 0.128 e. The van der Waals surface area contributed by atoms with E-state index in [1.165, 1.54) is 32.7 Å². The Labute approximate surface area is 171 Å². The second-order valence-corrected chi connectivity index (χ2v) is 10.5. The van der Waals surface area contributed by atoms with Crippen molar-refractivity contribution >= 4 is 22.6 Å². The molecule has 140 valence electrons. The van der Waals surface area contributed by atoms with Gasteiger partial charge < -0.3 is 4.74 Å². The van der Waals surface area contributed by atoms with E-state index in [9.17, 15) is 4.21 Å². The van der Waals surface area contributed by atoms with Crippen LogP contribution in [0.2, 0.25) is 0 Å². The van der Waals surface area contributed by atoms with Gasteiger partial charge in [-0.1, -0.05) is 42.5 Å². The zero-order valence-electron chi connectivity index (χ0n) is 15.4. The van der Waals surface area contributed by atoms with Crippen LogP contribution >= 0.6 is 11.8 Å². The van der Waals surface area contributed by atoms with Crippen LogP contribution in [0.5, 0.6) is 5.75 Å². The molecule has 3 atom stereocenters. The second kappa shape index (κ2) is 6.50. The predicted octanol–water partition coefficient (Wildman–Crippen LogP) is 5.42. The van der Waals surface area contributed by atoms with Crippen molar-refractivity contribution in [2.45, 2.75) is 40.4 Å². The molecular weight excluding hydrogens is 384 g/mol. The minimum atomic E-state index is -0.790. The third-order valence-electron chi connectivity index (χ3n) is 6.04. The van der Waals surface area contributed by atoms with Crippen LogP contribution in [0.4, 0.5) is 0 Å². The Morgan fingerprint density at radius 2 is 1.79 bits per heavy atom. The number of rotatable bonds is 2. The highest BCUT2D eigenvalue weighted by atomic mass is 32.2. The lowest BCUT2D eigenvalue weighted by molar-refractivity contribution is 0.238. The van der Waals surface area contributed by atoms with Crippen molar-refractivity contribution < 1.29 is 8.95 Å². The molecule has 3 aliphatic heterocycles. The summed E-state index contributed by atoms with van der Waals surface area (Å²) in [6.07, 6.45) is 3.08. The highest BCUT2D eigenvalue weighted by Crippen LogP contribution is 2.48. The first kappa shape index (κ1) is 16.9. The molecule has 0 spiro atoms. The molecule has 0 saturated carbocycles. The van der Waals surface area contributed by atoms with Crippen molar-refractivity contribution in [1.29, 1.82) is 0 Å². The van der Waals surface area contributed by atoms with Crippen molar-refractivity contribution in [1.82, 2.24) is 0 Å². The van der Waals surface area contributed by atoms with Gasteiger partial charge in [0.1, 0.15) is 11.9 Å². The summed E-state index contributed by atoms with van der Waals surface area (Å²) in [5, 5.41) is 0.450. The molecule has 6 rings (SSSR count). The summed E-state index contributed by atoms with van der Waals surface area (Å²) in [6.45, 7) is 0. The van der Waals surface area contributed by atoms with Gasteiger partial charge in [0, 0.05) is 27.2 Å². The lowest BCUT2D eigenvalue weighted by atomic mass is 9.99. The first-order valence-corrected chi connectivity index (χ1v) is 12.0. The van der Waals surface area contributed by atoms with Crippen LogP contribution in [0, 0.1) is 0 Å². The monoisotopic (exact) mass is 404 g/mol. The first-order chi connectivity index (χ1) is 13.7. The fraction of sp³-hybridized carbons (Fsp3) is 0.250. The van der Waals surface area contributed by atoms with Gasteiger partial charge in [0.05, 0.1) is 10.8 Å². The normalized spacial score (nSPS) is 24.5. The highest BCUT2D eigenvalue weighted by molar-refractivity contribution is 7.99. The Hall–Kier alpha value is -2.04. The zero-order valence-corrected chi connectivity index (χ0v) is 17.0. The molecule has 4 heteroatoms. The second-order valence-electron chi connectivity index (χ2n) is 7.76. The third kappa shape index (κ3) is 2.73. The summed E-state index contributed by atoms with van der Waals surface area (Å²) in [7, 11) is -0.790. The van der Waals surface area contributed by atoms with E-state index in [0.717, 1.165) is 35.7 Å². The van der Waals surface area contributed by atoms with E-state index < -0.39 is 10.8 Å². The van der Waals surface area contributed by atoms with Crippen LogP contribution < -0.4 is 4.74 Å². The Balaban J connectivity index is 1.25. The van der Waals surface area contributed by atoms with Gasteiger partial charge in [0.2, 0.25) is 0 Å². The number of thioether (sulfide) groups is 1. The van der Waals surface area contributed by atoms with Gasteiger partial charge in [-0.05, 0) is 58.9 Å². The van der Waals surface area contributed by atoms with Crippen molar-refractivity contribution in [3.63, 3.8) is 0 Å². The Kier molecular flexibility index (Phi) is 3.92. The minimum Gasteiger partial charge on any atom is -0.485 e. The van der Waals surface area contributed by atoms with E-state index in [4.69, 9.17) is 4.74 Å². The fourth-order valence-corrected chi connectivity index (χ4v) is 7.19. The average Bonchev–Trinajstić information content (AvgIpc) is 3.43. The quantitative estimate of drug-likeness (QED) is 0.571. The highest BCUT2D eigenvalue weighted by Gasteiger charge is 2.29. The molecule has 3 heterocycles. The molecule has 0 aliphatic carbocycles. The van der Waals surface area contributed by atoms with E-state index in [0.29, 0.717) is 5.25 Å². The number of hydrogen-bond acceptors (Lipinski definition) is 3. The number of aryl methyl sites for hydroxylation is 1. The molecule has 3 aliphatic rings. The lowest BCUT2D eigenvalue weighted by Crippen LogP contribution is -2.03. The average molecular weight is 405 g/mol. The van der Waals surface area contributed by atoms with E-state index in [-0.39, 0.29) is 6.10 Å². The summed E-state index contributed by atoms with van der Waals surface area (Å²) in [5.41, 5.74) is 6.65. The molecule has 2 nitrogen and oxygen atoms in total. The van der Waals surface area contributed by atoms with Crippen molar-refractivity contribution in [2.75, 3.05) is 5.75 Å². The van der Waals surface area contributed by atoms with E-state index >= 15 is 0 Å². The van der Waals surface area contributed by atoms with Gasteiger partial charge in [-0.3, -0.25) is 4.21 Å². The molecule has 3 aromatic carbocycles. The maximum Gasteiger partial charge on any atom is 0.128 e. The summed E-state index contributed by atoms with van der Waals surface area (Å²) >= 11 is 1.96. The van der Waals surface area contributed by atoms with E-state index in [2.05, 4.69) is 54.6 Å². The number of ether oxygens (including phenoxy) is 1. The van der Waals surface area contributed by atoms with Crippen LogP contribution in [-0.4, -0.2) is 9.96 Å². The Morgan fingerprint density at radius 1 is 0.893 bits per heavy atom. The van der Waals surface area contributed by atoms with Gasteiger partial charge in [-0.15, -0.1) is 11.8 Å². The van der Waals surface area contributed by atoms with Gasteiger partial charge in [-0.25, -0.2) is 0 Å². The molecule has 0 radical (unpaired) electrons. The van der Waals surface area contributed by atoms with Crippen molar-refractivity contribution in [2.24, 2.45) is 0 Å². The van der Waals surface area contributed by atoms with E-state index in [1.54, 1.807) is 0 Å². The third-order valence-corrected chi connectivity index (χ3v) is 8.86. The van der Waals surface area contributed by atoms with Crippen LogP contribution in [-0.2, 0) is 30.1 Å². The van der Waals surface area contributed by atoms with Gasteiger partial charge >= 0.3 is 0 Å². The molecule has 0 N–H and O–H groups in total. The summed E-state index contributed by atoms with van der Waals surface area (Å²) in [5.74, 6) is 1.80. The summed E-state index contributed by atoms with van der Waals surface area (Å²) in [4.78, 5) is 2.43. The Bertz CT molecular complexity index is 1100. The number of para-hydroxylation sites is 1. The summed E-state index contributed by atoms with van der Waals surface area (Å²) < 4.78 is 18.2. The van der Waals surface area contributed by atoms with Gasteiger partial charge in [-0.2, -0.15) is 0 Å². The standard InChI is InChI=1S/C24H20O2S2/c25-28-10-9-19-11-17(7-8-24(19)28)23-14-18-6-5-16(13-22(18)27-23)21-12-15-3-1-2-4-20(15)26-21/h1-8,11,13,21,23H,9-10,12,14H2. The summed E-state index contributed by atoms with van der Waals surface area (Å²) in [6, 6.07) is 21.8. The molecule has 0 bridgehead atoms. The topological polar surface area (TPSA) is 26.3 Å². The van der Waals surface area contributed by atoms with Crippen LogP contribution in [0.1, 0.15) is 39.2 Å². The van der Waals surface area contributed by atoms with Crippen LogP contribution in [0.15, 0.2) is 70.5 Å². The maximum atomic E-state index is 12.0. The van der Waals surface area contributed by atoms with E-state index in [1.807, 2.05) is 17.8 Å². The molecule has 0 saturated heterocycles. The molecule has 0 amide bonds. The number of fused-ring (bicyclic) bond motifs is 3. The lowest BCUT2D eigenvalue weighted by Gasteiger charge is -2.12. The maximum absolute atomic E-state index is 12.0. The molecular formula is C24H20O2S2. The SMILES string of the molecule is O=S1CCc2cc(C3Cc4ccc(C5Cc6ccccc6O5)cc4S3)ccc21. The van der Waals surface area contributed by atoms with Crippen LogP contribution in [0.3, 0.4) is 0 Å². The molecule has 3 unspecified atom stereocenters. The van der Waals surface area contributed by atoms with Crippen molar-refractivity contribution in [3.8, 4) is 5.75 Å². The minimum absolute atomic E-state index is 0.123. The first-order valence-electron chi connectivity index (χ1n) is 9.80. The van der Waals surface area contributed by atoms with Gasteiger partial charge in [0.15, 0.2) is 0 Å². The number of benzene rings is 3. The molecule has 28 heavy (non-hydrogen) atoms. The zero-order chi connectivity index (χ0) is 18.7. The van der Waals surface area contributed by atoms with Crippen LogP contribution in [0.25, 0.3) is 0 Å². The largest absolute Gasteiger partial charge is 0.485 e. The molecule has 0 fully saturated rings. The Morgan fingerprint density at radius 3 is 2.71 bits per heavy atom. The van der Waals surface area contributed by atoms with Crippen molar-refractivity contribution in [3.05, 3.63) is 88.5 Å². The number of hydrogen-bond donors (Lipinski definition) is 0. The van der Waals surface area contributed by atoms with Gasteiger partial charge in [0.25, 0.3) is 0 Å². The predicted molar refractivity (Wildman–Crippen MR) is 114 cm³/mol. The molecule has 0 aromatic heterocycles. The molecule has 3 aromatic rings. The fourth-order valence-electron chi connectivity index (χ4n) is 4.53.